The lowest BCUT2D eigenvalue weighted by atomic mass is 10.2. The van der Waals surface area contributed by atoms with E-state index in [1.54, 1.807) is 18.2 Å². The molecule has 1 aliphatic rings. The summed E-state index contributed by atoms with van der Waals surface area (Å²) in [7, 11) is 0. The predicted molar refractivity (Wildman–Crippen MR) is 110 cm³/mol. The number of nitrogens with one attached hydrogen (secondary N) is 1. The Kier molecular flexibility index (Phi) is 4.55. The highest BCUT2D eigenvalue weighted by Crippen LogP contribution is 2.38. The van der Waals surface area contributed by atoms with Crippen LogP contribution >= 0.6 is 11.6 Å². The van der Waals surface area contributed by atoms with Crippen LogP contribution in [0, 0.1) is 0 Å². The zero-order valence-corrected chi connectivity index (χ0v) is 16.4. The Labute approximate surface area is 175 Å². The van der Waals surface area contributed by atoms with E-state index in [0.717, 1.165) is 10.9 Å². The fraction of sp³-hybridized carbons (Fsp3) is 0.190. The van der Waals surface area contributed by atoms with Crippen molar-refractivity contribution in [2.75, 3.05) is 13.2 Å². The van der Waals surface area contributed by atoms with Gasteiger partial charge in [-0.15, -0.1) is 0 Å². The molecule has 0 saturated carbocycles. The molecule has 9 heteroatoms. The number of carbonyl (C=O) groups excluding carboxylic acids is 1. The molecule has 0 bridgehead atoms. The highest BCUT2D eigenvalue weighted by Gasteiger charge is 2.18. The van der Waals surface area contributed by atoms with E-state index < -0.39 is 5.56 Å². The molecule has 2 aromatic carbocycles. The third kappa shape index (κ3) is 3.25. The topological polar surface area (TPSA) is 95.6 Å². The van der Waals surface area contributed by atoms with Gasteiger partial charge in [0, 0.05) is 11.9 Å². The summed E-state index contributed by atoms with van der Waals surface area (Å²) in [5.41, 5.74) is 1.54. The largest absolute Gasteiger partial charge is 0.486 e. The highest BCUT2D eigenvalue weighted by atomic mass is 35.5. The number of amides is 1. The summed E-state index contributed by atoms with van der Waals surface area (Å²) in [4.78, 5) is 29.4. The van der Waals surface area contributed by atoms with Gasteiger partial charge in [0.15, 0.2) is 11.5 Å². The van der Waals surface area contributed by atoms with Gasteiger partial charge in [-0.1, -0.05) is 23.7 Å². The standard InChI is InChI=1S/C21H16ClN3O5/c22-14-7-12(8-16-19(14)29-6-5-28-16)9-23-17(26)10-25-11-24-18-13-3-1-2-4-15(13)30-20(18)21(25)27/h1-4,7-8,11H,5-6,9-10H2,(H,23,26). The summed E-state index contributed by atoms with van der Waals surface area (Å²) in [5.74, 6) is 0.712. The van der Waals surface area contributed by atoms with Gasteiger partial charge in [0.25, 0.3) is 5.56 Å². The van der Waals surface area contributed by atoms with Crippen LogP contribution in [-0.4, -0.2) is 28.7 Å². The van der Waals surface area contributed by atoms with Gasteiger partial charge in [-0.25, -0.2) is 4.98 Å². The average molecular weight is 426 g/mol. The van der Waals surface area contributed by atoms with Crippen LogP contribution in [-0.2, 0) is 17.9 Å². The Morgan fingerprint density at radius 1 is 1.20 bits per heavy atom. The van der Waals surface area contributed by atoms with E-state index in [4.69, 9.17) is 25.5 Å². The van der Waals surface area contributed by atoms with Crippen molar-refractivity contribution in [3.05, 3.63) is 63.7 Å². The first-order valence-electron chi connectivity index (χ1n) is 9.31. The Hall–Kier alpha value is -3.52. The number of rotatable bonds is 4. The molecule has 152 valence electrons. The van der Waals surface area contributed by atoms with Gasteiger partial charge >= 0.3 is 0 Å². The number of fused-ring (bicyclic) bond motifs is 4. The molecular weight excluding hydrogens is 410 g/mol. The van der Waals surface area contributed by atoms with E-state index >= 15 is 0 Å². The molecular formula is C21H16ClN3O5. The van der Waals surface area contributed by atoms with Gasteiger partial charge in [-0.05, 0) is 29.8 Å². The number of carbonyl (C=O) groups is 1. The Balaban J connectivity index is 1.33. The van der Waals surface area contributed by atoms with Crippen molar-refractivity contribution in [1.82, 2.24) is 14.9 Å². The van der Waals surface area contributed by atoms with Crippen molar-refractivity contribution in [3.8, 4) is 11.5 Å². The van der Waals surface area contributed by atoms with E-state index in [1.165, 1.54) is 10.9 Å². The number of furan rings is 1. The van der Waals surface area contributed by atoms with E-state index in [9.17, 15) is 9.59 Å². The Morgan fingerprint density at radius 3 is 2.93 bits per heavy atom. The second-order valence-electron chi connectivity index (χ2n) is 6.83. The fourth-order valence-electron chi connectivity index (χ4n) is 3.41. The molecule has 2 aromatic heterocycles. The van der Waals surface area contributed by atoms with Crippen LogP contribution in [0.25, 0.3) is 22.1 Å². The third-order valence-electron chi connectivity index (χ3n) is 4.81. The van der Waals surface area contributed by atoms with Gasteiger partial charge in [-0.2, -0.15) is 0 Å². The number of halogens is 1. The summed E-state index contributed by atoms with van der Waals surface area (Å²) < 4.78 is 17.9. The molecule has 0 radical (unpaired) electrons. The second-order valence-corrected chi connectivity index (χ2v) is 7.24. The molecule has 0 saturated heterocycles. The number of benzene rings is 2. The average Bonchev–Trinajstić information content (AvgIpc) is 3.14. The maximum atomic E-state index is 12.7. The smallest absolute Gasteiger partial charge is 0.297 e. The van der Waals surface area contributed by atoms with Crippen LogP contribution in [0.2, 0.25) is 5.02 Å². The molecule has 5 rings (SSSR count). The van der Waals surface area contributed by atoms with Crippen molar-refractivity contribution in [3.63, 3.8) is 0 Å². The number of hydrogen-bond donors (Lipinski definition) is 1. The monoisotopic (exact) mass is 425 g/mol. The van der Waals surface area contributed by atoms with Crippen LogP contribution in [0.5, 0.6) is 11.5 Å². The zero-order chi connectivity index (χ0) is 20.7. The number of aromatic nitrogens is 2. The maximum Gasteiger partial charge on any atom is 0.297 e. The lowest BCUT2D eigenvalue weighted by molar-refractivity contribution is -0.121. The SMILES string of the molecule is O=C(Cn1cnc2c(oc3ccccc32)c1=O)NCc1cc(Cl)c2c(c1)OCCO2. The predicted octanol–water partition coefficient (Wildman–Crippen LogP) is 2.88. The first-order valence-corrected chi connectivity index (χ1v) is 9.69. The van der Waals surface area contributed by atoms with Crippen LogP contribution in [0.3, 0.4) is 0 Å². The first-order chi connectivity index (χ1) is 14.6. The first kappa shape index (κ1) is 18.5. The summed E-state index contributed by atoms with van der Waals surface area (Å²) in [5, 5.41) is 3.96. The lowest BCUT2D eigenvalue weighted by Crippen LogP contribution is -2.32. The van der Waals surface area contributed by atoms with Gasteiger partial charge in [0.05, 0.1) is 11.3 Å². The van der Waals surface area contributed by atoms with Gasteiger partial charge in [0.2, 0.25) is 11.5 Å². The quantitative estimate of drug-likeness (QED) is 0.540. The minimum absolute atomic E-state index is 0.130. The minimum atomic E-state index is -0.409. The minimum Gasteiger partial charge on any atom is -0.486 e. The molecule has 3 heterocycles. The van der Waals surface area contributed by atoms with Crippen molar-refractivity contribution >= 4 is 39.6 Å². The molecule has 0 unspecified atom stereocenters. The van der Waals surface area contributed by atoms with Crippen LogP contribution in [0.1, 0.15) is 5.56 Å². The molecule has 0 fully saturated rings. The van der Waals surface area contributed by atoms with E-state index in [1.807, 2.05) is 18.2 Å². The van der Waals surface area contributed by atoms with Crippen molar-refractivity contribution in [1.29, 1.82) is 0 Å². The lowest BCUT2D eigenvalue weighted by Gasteiger charge is -2.20. The number of ether oxygens (including phenoxy) is 2. The summed E-state index contributed by atoms with van der Waals surface area (Å²) in [6, 6.07) is 10.8. The molecule has 4 aromatic rings. The molecule has 0 atom stereocenters. The van der Waals surface area contributed by atoms with Gasteiger partial charge in [-0.3, -0.25) is 14.2 Å². The van der Waals surface area contributed by atoms with Crippen molar-refractivity contribution in [2.24, 2.45) is 0 Å². The summed E-state index contributed by atoms with van der Waals surface area (Å²) >= 11 is 6.22. The van der Waals surface area contributed by atoms with Gasteiger partial charge < -0.3 is 19.2 Å². The van der Waals surface area contributed by atoms with Crippen LogP contribution in [0.4, 0.5) is 0 Å². The normalized spacial score (nSPS) is 13.0. The number of para-hydroxylation sites is 1. The highest BCUT2D eigenvalue weighted by molar-refractivity contribution is 6.32. The number of hydrogen-bond acceptors (Lipinski definition) is 6. The van der Waals surface area contributed by atoms with Crippen LogP contribution in [0.15, 0.2) is 51.9 Å². The molecule has 8 nitrogen and oxygen atoms in total. The number of nitrogens with zero attached hydrogens (tertiary/aromatic N) is 2. The molecule has 1 aliphatic heterocycles. The molecule has 30 heavy (non-hydrogen) atoms. The van der Waals surface area contributed by atoms with Gasteiger partial charge in [0.1, 0.15) is 30.9 Å². The summed E-state index contributed by atoms with van der Waals surface area (Å²) in [6.07, 6.45) is 1.35. The van der Waals surface area contributed by atoms with E-state index in [0.29, 0.717) is 40.8 Å². The van der Waals surface area contributed by atoms with Crippen molar-refractivity contribution in [2.45, 2.75) is 13.1 Å². The molecule has 0 aliphatic carbocycles. The Morgan fingerprint density at radius 2 is 2.03 bits per heavy atom. The fourth-order valence-corrected chi connectivity index (χ4v) is 3.69. The molecule has 1 amide bonds. The molecule has 1 N–H and O–H groups in total. The third-order valence-corrected chi connectivity index (χ3v) is 5.09. The van der Waals surface area contributed by atoms with E-state index in [-0.39, 0.29) is 24.6 Å². The van der Waals surface area contributed by atoms with E-state index in [2.05, 4.69) is 10.3 Å². The second kappa shape index (κ2) is 7.38. The summed E-state index contributed by atoms with van der Waals surface area (Å²) in [6.45, 7) is 0.932. The zero-order valence-electron chi connectivity index (χ0n) is 15.7. The Bertz CT molecular complexity index is 1340. The maximum absolute atomic E-state index is 12.7. The van der Waals surface area contributed by atoms with Crippen molar-refractivity contribution < 1.29 is 18.7 Å². The molecule has 0 spiro atoms. The van der Waals surface area contributed by atoms with Crippen LogP contribution < -0.4 is 20.3 Å².